The fourth-order valence-corrected chi connectivity index (χ4v) is 3.12. The zero-order valence-corrected chi connectivity index (χ0v) is 17.6. The third-order valence-corrected chi connectivity index (χ3v) is 4.63. The van der Waals surface area contributed by atoms with Crippen LogP contribution in [0.4, 0.5) is 5.69 Å². The minimum atomic E-state index is -0.680. The number of amides is 2. The molecule has 1 aromatic heterocycles. The van der Waals surface area contributed by atoms with Crippen molar-refractivity contribution in [2.24, 2.45) is 5.92 Å². The molecule has 2 N–H and O–H groups in total. The number of carbonyl (C=O) groups excluding carboxylic acids is 2. The van der Waals surface area contributed by atoms with E-state index in [0.29, 0.717) is 23.8 Å². The van der Waals surface area contributed by atoms with Gasteiger partial charge in [0.05, 0.1) is 23.1 Å². The third kappa shape index (κ3) is 5.42. The van der Waals surface area contributed by atoms with Gasteiger partial charge in [-0.05, 0) is 39.4 Å². The smallest absolute Gasteiger partial charge is 0.313 e. The molecule has 0 aliphatic carbocycles. The minimum absolute atomic E-state index is 0.0183. The zero-order chi connectivity index (χ0) is 20.8. The van der Waals surface area contributed by atoms with E-state index in [1.807, 2.05) is 67.9 Å². The maximum atomic E-state index is 12.4. The van der Waals surface area contributed by atoms with Crippen LogP contribution in [-0.2, 0) is 16.1 Å². The Labute approximate surface area is 167 Å². The van der Waals surface area contributed by atoms with Crippen LogP contribution in [-0.4, -0.2) is 47.1 Å². The summed E-state index contributed by atoms with van der Waals surface area (Å²) in [5.74, 6) is -0.898. The number of anilines is 1. The molecule has 0 bridgehead atoms. The first-order chi connectivity index (χ1) is 13.2. The highest BCUT2D eigenvalue weighted by Crippen LogP contribution is 2.20. The lowest BCUT2D eigenvalue weighted by atomic mass is 10.1. The molecule has 2 rings (SSSR count). The Morgan fingerprint density at radius 1 is 1.11 bits per heavy atom. The van der Waals surface area contributed by atoms with Gasteiger partial charge in [-0.1, -0.05) is 44.2 Å². The third-order valence-electron chi connectivity index (χ3n) is 4.63. The second kappa shape index (κ2) is 9.50. The second-order valence-corrected chi connectivity index (χ2v) is 7.68. The Morgan fingerprint density at radius 2 is 1.75 bits per heavy atom. The minimum Gasteiger partial charge on any atom is -0.346 e. The van der Waals surface area contributed by atoms with Crippen molar-refractivity contribution in [1.29, 1.82) is 0 Å². The fourth-order valence-electron chi connectivity index (χ4n) is 3.12. The summed E-state index contributed by atoms with van der Waals surface area (Å²) >= 11 is 0. The van der Waals surface area contributed by atoms with E-state index in [4.69, 9.17) is 0 Å². The van der Waals surface area contributed by atoms with E-state index in [1.165, 1.54) is 0 Å². The number of rotatable bonds is 7. The first-order valence-corrected chi connectivity index (χ1v) is 9.55. The summed E-state index contributed by atoms with van der Waals surface area (Å²) in [5.41, 5.74) is 3.24. The summed E-state index contributed by atoms with van der Waals surface area (Å²) in [4.78, 5) is 26.7. The molecule has 0 aliphatic heterocycles. The average Bonchev–Trinajstić information content (AvgIpc) is 2.89. The van der Waals surface area contributed by atoms with Crippen LogP contribution in [0.25, 0.3) is 0 Å². The van der Waals surface area contributed by atoms with E-state index in [0.717, 1.165) is 17.8 Å². The standard InChI is InChI=1S/C21H31N5O2/c1-14(2)13-26-16(4)19(15(3)24-26)23-21(28)20(27)22-12-18(25(5)6)17-10-8-7-9-11-17/h7-11,14,18H,12-13H2,1-6H3,(H,22,27)(H,23,28)/t18-/m1/s1. The van der Waals surface area contributed by atoms with E-state index in [9.17, 15) is 9.59 Å². The van der Waals surface area contributed by atoms with Gasteiger partial charge in [0.25, 0.3) is 0 Å². The van der Waals surface area contributed by atoms with Gasteiger partial charge in [0.1, 0.15) is 0 Å². The number of nitrogens with one attached hydrogen (secondary N) is 2. The molecule has 7 nitrogen and oxygen atoms in total. The number of aryl methyl sites for hydroxylation is 1. The van der Waals surface area contributed by atoms with Gasteiger partial charge in [-0.3, -0.25) is 14.3 Å². The van der Waals surface area contributed by atoms with Crippen molar-refractivity contribution in [3.05, 3.63) is 47.3 Å². The number of nitrogens with zero attached hydrogens (tertiary/aromatic N) is 3. The van der Waals surface area contributed by atoms with Gasteiger partial charge in [-0.15, -0.1) is 0 Å². The lowest BCUT2D eigenvalue weighted by molar-refractivity contribution is -0.136. The van der Waals surface area contributed by atoms with Gasteiger partial charge in [0.15, 0.2) is 0 Å². The largest absolute Gasteiger partial charge is 0.346 e. The van der Waals surface area contributed by atoms with Crippen molar-refractivity contribution in [2.45, 2.75) is 40.3 Å². The van der Waals surface area contributed by atoms with Crippen molar-refractivity contribution in [2.75, 3.05) is 26.0 Å². The molecule has 0 fully saturated rings. The maximum Gasteiger partial charge on any atom is 0.313 e. The van der Waals surface area contributed by atoms with E-state index in [-0.39, 0.29) is 6.04 Å². The summed E-state index contributed by atoms with van der Waals surface area (Å²) in [7, 11) is 3.89. The zero-order valence-electron chi connectivity index (χ0n) is 17.6. The Balaban J connectivity index is 2.01. The molecule has 0 saturated heterocycles. The topological polar surface area (TPSA) is 79.3 Å². The molecule has 0 radical (unpaired) electrons. The Bertz CT molecular complexity index is 812. The Kier molecular flexibility index (Phi) is 7.34. The number of likely N-dealkylation sites (N-methyl/N-ethyl adjacent to an activating group) is 1. The molecule has 0 aliphatic rings. The number of aromatic nitrogens is 2. The van der Waals surface area contributed by atoms with Crippen molar-refractivity contribution in [3.8, 4) is 0 Å². The van der Waals surface area contributed by atoms with E-state index in [2.05, 4.69) is 29.6 Å². The predicted octanol–water partition coefficient (Wildman–Crippen LogP) is 2.51. The maximum absolute atomic E-state index is 12.4. The number of hydrogen-bond acceptors (Lipinski definition) is 4. The lowest BCUT2D eigenvalue weighted by Gasteiger charge is -2.25. The van der Waals surface area contributed by atoms with E-state index in [1.54, 1.807) is 0 Å². The van der Waals surface area contributed by atoms with Gasteiger partial charge < -0.3 is 15.5 Å². The molecule has 7 heteroatoms. The molecule has 28 heavy (non-hydrogen) atoms. The number of benzene rings is 1. The van der Waals surface area contributed by atoms with Crippen LogP contribution in [0.15, 0.2) is 30.3 Å². The molecule has 1 atom stereocenters. The van der Waals surface area contributed by atoms with Gasteiger partial charge in [0, 0.05) is 13.1 Å². The molecule has 2 amide bonds. The van der Waals surface area contributed by atoms with Crippen molar-refractivity contribution in [1.82, 2.24) is 20.0 Å². The number of hydrogen-bond donors (Lipinski definition) is 2. The SMILES string of the molecule is Cc1nn(CC(C)C)c(C)c1NC(=O)C(=O)NC[C@H](c1ccccc1)N(C)C. The van der Waals surface area contributed by atoms with Crippen LogP contribution in [0.1, 0.15) is 36.8 Å². The van der Waals surface area contributed by atoms with Gasteiger partial charge in [-0.2, -0.15) is 5.10 Å². The molecule has 152 valence electrons. The first-order valence-electron chi connectivity index (χ1n) is 9.55. The second-order valence-electron chi connectivity index (χ2n) is 7.68. The van der Waals surface area contributed by atoms with Crippen LogP contribution in [0.5, 0.6) is 0 Å². The van der Waals surface area contributed by atoms with Crippen LogP contribution in [0.2, 0.25) is 0 Å². The summed E-state index contributed by atoms with van der Waals surface area (Å²) in [5, 5.41) is 9.92. The number of carbonyl (C=O) groups is 2. The molecule has 0 spiro atoms. The highest BCUT2D eigenvalue weighted by Gasteiger charge is 2.21. The Morgan fingerprint density at radius 3 is 2.32 bits per heavy atom. The van der Waals surface area contributed by atoms with Gasteiger partial charge in [0.2, 0.25) is 0 Å². The molecule has 1 aromatic carbocycles. The summed E-state index contributed by atoms with van der Waals surface area (Å²) in [6.07, 6.45) is 0. The van der Waals surface area contributed by atoms with Crippen molar-refractivity contribution in [3.63, 3.8) is 0 Å². The van der Waals surface area contributed by atoms with Crippen LogP contribution in [0.3, 0.4) is 0 Å². The van der Waals surface area contributed by atoms with Gasteiger partial charge >= 0.3 is 11.8 Å². The summed E-state index contributed by atoms with van der Waals surface area (Å²) in [6.45, 7) is 9.04. The van der Waals surface area contributed by atoms with Crippen LogP contribution < -0.4 is 10.6 Å². The molecular formula is C21H31N5O2. The van der Waals surface area contributed by atoms with Crippen molar-refractivity contribution < 1.29 is 9.59 Å². The normalized spacial score (nSPS) is 12.3. The summed E-state index contributed by atoms with van der Waals surface area (Å²) < 4.78 is 1.87. The van der Waals surface area contributed by atoms with Crippen LogP contribution in [0, 0.1) is 19.8 Å². The Hall–Kier alpha value is -2.67. The molecule has 1 heterocycles. The predicted molar refractivity (Wildman–Crippen MR) is 111 cm³/mol. The quantitative estimate of drug-likeness (QED) is 0.718. The lowest BCUT2D eigenvalue weighted by Crippen LogP contribution is -2.40. The van der Waals surface area contributed by atoms with Crippen molar-refractivity contribution >= 4 is 17.5 Å². The van der Waals surface area contributed by atoms with Crippen LogP contribution >= 0.6 is 0 Å². The monoisotopic (exact) mass is 385 g/mol. The fraction of sp³-hybridized carbons (Fsp3) is 0.476. The molecular weight excluding hydrogens is 354 g/mol. The van der Waals surface area contributed by atoms with Gasteiger partial charge in [-0.25, -0.2) is 0 Å². The first kappa shape index (κ1) is 21.6. The molecule has 0 saturated carbocycles. The molecule has 2 aromatic rings. The molecule has 0 unspecified atom stereocenters. The van der Waals surface area contributed by atoms with E-state index >= 15 is 0 Å². The average molecular weight is 386 g/mol. The highest BCUT2D eigenvalue weighted by atomic mass is 16.2. The summed E-state index contributed by atoms with van der Waals surface area (Å²) in [6, 6.07) is 9.86. The van der Waals surface area contributed by atoms with E-state index < -0.39 is 11.8 Å². The highest BCUT2D eigenvalue weighted by molar-refractivity contribution is 6.39.